The maximum Gasteiger partial charge on any atom is 0.227 e. The Morgan fingerprint density at radius 3 is 2.83 bits per heavy atom. The van der Waals surface area contributed by atoms with Gasteiger partial charge in [0.2, 0.25) is 5.91 Å². The Morgan fingerprint density at radius 2 is 2.28 bits per heavy atom. The average Bonchev–Trinajstić information content (AvgIpc) is 2.82. The quantitative estimate of drug-likeness (QED) is 0.884. The van der Waals surface area contributed by atoms with Gasteiger partial charge in [-0.05, 0) is 45.8 Å². The first-order valence-corrected chi connectivity index (χ1v) is 7.62. The fourth-order valence-corrected chi connectivity index (χ4v) is 3.30. The first kappa shape index (κ1) is 14.0. The Hall–Kier alpha value is -0.430. The van der Waals surface area contributed by atoms with Crippen LogP contribution in [0.15, 0.2) is 15.2 Å². The number of nitrogens with two attached hydrogens (primary N) is 1. The van der Waals surface area contributed by atoms with Crippen LogP contribution in [0.5, 0.6) is 0 Å². The zero-order chi connectivity index (χ0) is 13.0. The van der Waals surface area contributed by atoms with E-state index in [0.717, 1.165) is 9.35 Å². The zero-order valence-electron chi connectivity index (χ0n) is 10.1. The van der Waals surface area contributed by atoms with Crippen LogP contribution in [-0.2, 0) is 16.1 Å². The van der Waals surface area contributed by atoms with Gasteiger partial charge in [-0.1, -0.05) is 0 Å². The molecule has 0 unspecified atom stereocenters. The van der Waals surface area contributed by atoms with Crippen molar-refractivity contribution in [2.24, 2.45) is 11.1 Å². The van der Waals surface area contributed by atoms with E-state index in [9.17, 15) is 4.79 Å². The molecule has 0 bridgehead atoms. The highest BCUT2D eigenvalue weighted by Crippen LogP contribution is 2.29. The predicted molar refractivity (Wildman–Crippen MR) is 75.4 cm³/mol. The molecule has 1 saturated heterocycles. The molecule has 3 N–H and O–H groups in total. The van der Waals surface area contributed by atoms with E-state index in [1.54, 1.807) is 11.3 Å². The lowest BCUT2D eigenvalue weighted by Crippen LogP contribution is -2.48. The molecule has 2 rings (SSSR count). The van der Waals surface area contributed by atoms with Gasteiger partial charge in [0.15, 0.2) is 0 Å². The Labute approximate surface area is 119 Å². The van der Waals surface area contributed by atoms with Gasteiger partial charge in [0, 0.05) is 26.3 Å². The number of halogens is 1. The number of nitrogens with one attached hydrogen (secondary N) is 1. The Bertz CT molecular complexity index is 416. The lowest BCUT2D eigenvalue weighted by atomic mass is 9.79. The van der Waals surface area contributed by atoms with E-state index in [1.807, 2.05) is 11.4 Å². The number of carbonyl (C=O) groups is 1. The van der Waals surface area contributed by atoms with Crippen molar-refractivity contribution in [2.75, 3.05) is 19.8 Å². The summed E-state index contributed by atoms with van der Waals surface area (Å²) in [5, 5.41) is 5.02. The molecule has 1 aliphatic heterocycles. The first-order chi connectivity index (χ1) is 8.66. The van der Waals surface area contributed by atoms with E-state index >= 15 is 0 Å². The minimum absolute atomic E-state index is 0.0515. The summed E-state index contributed by atoms with van der Waals surface area (Å²) >= 11 is 5.03. The van der Waals surface area contributed by atoms with Gasteiger partial charge in [0.1, 0.15) is 0 Å². The van der Waals surface area contributed by atoms with Crippen LogP contribution in [0.1, 0.15) is 18.4 Å². The van der Waals surface area contributed by atoms with Gasteiger partial charge < -0.3 is 15.8 Å². The number of rotatable bonds is 4. The molecule has 1 aromatic heterocycles. The van der Waals surface area contributed by atoms with Crippen LogP contribution in [0.4, 0.5) is 0 Å². The summed E-state index contributed by atoms with van der Waals surface area (Å²) in [4.78, 5) is 12.3. The van der Waals surface area contributed by atoms with E-state index in [1.165, 1.54) is 0 Å². The van der Waals surface area contributed by atoms with Crippen molar-refractivity contribution in [3.63, 3.8) is 0 Å². The Morgan fingerprint density at radius 1 is 1.56 bits per heavy atom. The standard InChI is InChI=1S/C12H17BrN2O2S/c13-10-5-9(7-18-10)6-15-11(16)12(8-14)1-3-17-4-2-12/h5,7H,1-4,6,8,14H2,(H,15,16). The van der Waals surface area contributed by atoms with Crippen molar-refractivity contribution >= 4 is 33.2 Å². The fraction of sp³-hybridized carbons (Fsp3) is 0.583. The second-order valence-corrected chi connectivity index (χ2v) is 6.83. The summed E-state index contributed by atoms with van der Waals surface area (Å²) in [6, 6.07) is 2.02. The maximum atomic E-state index is 12.3. The minimum atomic E-state index is -0.439. The molecule has 2 heterocycles. The van der Waals surface area contributed by atoms with Crippen molar-refractivity contribution in [1.82, 2.24) is 5.32 Å². The number of hydrogen-bond acceptors (Lipinski definition) is 4. The number of amides is 1. The van der Waals surface area contributed by atoms with Gasteiger partial charge >= 0.3 is 0 Å². The second kappa shape index (κ2) is 6.14. The van der Waals surface area contributed by atoms with Crippen molar-refractivity contribution in [1.29, 1.82) is 0 Å². The van der Waals surface area contributed by atoms with Crippen LogP contribution in [-0.4, -0.2) is 25.7 Å². The molecular weight excluding hydrogens is 316 g/mol. The van der Waals surface area contributed by atoms with Gasteiger partial charge in [0.05, 0.1) is 9.20 Å². The lowest BCUT2D eigenvalue weighted by molar-refractivity contribution is -0.136. The molecule has 0 spiro atoms. The van der Waals surface area contributed by atoms with E-state index < -0.39 is 5.41 Å². The van der Waals surface area contributed by atoms with E-state index in [-0.39, 0.29) is 5.91 Å². The van der Waals surface area contributed by atoms with Crippen LogP contribution >= 0.6 is 27.3 Å². The Balaban J connectivity index is 1.93. The smallest absolute Gasteiger partial charge is 0.227 e. The van der Waals surface area contributed by atoms with Crippen LogP contribution in [0.2, 0.25) is 0 Å². The third-order valence-corrected chi connectivity index (χ3v) is 4.95. The summed E-state index contributed by atoms with van der Waals surface area (Å²) in [7, 11) is 0. The van der Waals surface area contributed by atoms with Crippen molar-refractivity contribution in [3.05, 3.63) is 20.8 Å². The van der Waals surface area contributed by atoms with Crippen molar-refractivity contribution < 1.29 is 9.53 Å². The number of ether oxygens (including phenoxy) is 1. The molecule has 1 aliphatic rings. The molecule has 1 aromatic rings. The molecule has 0 aliphatic carbocycles. The summed E-state index contributed by atoms with van der Waals surface area (Å²) in [5.74, 6) is 0.0515. The van der Waals surface area contributed by atoms with Crippen LogP contribution in [0.25, 0.3) is 0 Å². The predicted octanol–water partition coefficient (Wildman–Crippen LogP) is 1.88. The maximum absolute atomic E-state index is 12.3. The third kappa shape index (κ3) is 3.12. The third-order valence-electron chi connectivity index (χ3n) is 3.40. The molecule has 18 heavy (non-hydrogen) atoms. The van der Waals surface area contributed by atoms with Crippen molar-refractivity contribution in [2.45, 2.75) is 19.4 Å². The Kier molecular flexibility index (Phi) is 4.77. The van der Waals surface area contributed by atoms with Gasteiger partial charge in [0.25, 0.3) is 0 Å². The number of hydrogen-bond donors (Lipinski definition) is 2. The number of thiophene rings is 1. The van der Waals surface area contributed by atoms with Gasteiger partial charge in [-0.2, -0.15) is 0 Å². The number of carbonyl (C=O) groups excluding carboxylic acids is 1. The largest absolute Gasteiger partial charge is 0.381 e. The summed E-state index contributed by atoms with van der Waals surface area (Å²) in [5.41, 5.74) is 6.46. The van der Waals surface area contributed by atoms with Crippen LogP contribution in [0, 0.1) is 5.41 Å². The molecule has 4 nitrogen and oxygen atoms in total. The van der Waals surface area contributed by atoms with Gasteiger partial charge in [-0.25, -0.2) is 0 Å². The van der Waals surface area contributed by atoms with Gasteiger partial charge in [-0.3, -0.25) is 4.79 Å². The van der Waals surface area contributed by atoms with Gasteiger partial charge in [-0.15, -0.1) is 11.3 Å². The highest BCUT2D eigenvalue weighted by Gasteiger charge is 2.38. The normalized spacial score (nSPS) is 18.6. The molecule has 0 atom stereocenters. The van der Waals surface area contributed by atoms with E-state index in [2.05, 4.69) is 21.2 Å². The minimum Gasteiger partial charge on any atom is -0.381 e. The SMILES string of the molecule is NCC1(C(=O)NCc2csc(Br)c2)CCOCC1. The molecule has 0 aromatic carbocycles. The zero-order valence-corrected chi connectivity index (χ0v) is 12.5. The molecule has 6 heteroatoms. The van der Waals surface area contributed by atoms with E-state index in [0.29, 0.717) is 39.1 Å². The summed E-state index contributed by atoms with van der Waals surface area (Å²) in [6.45, 7) is 2.18. The molecular formula is C12H17BrN2O2S. The highest BCUT2D eigenvalue weighted by molar-refractivity contribution is 9.11. The van der Waals surface area contributed by atoms with E-state index in [4.69, 9.17) is 10.5 Å². The molecule has 1 amide bonds. The fourth-order valence-electron chi connectivity index (χ4n) is 2.09. The summed E-state index contributed by atoms with van der Waals surface area (Å²) < 4.78 is 6.38. The lowest BCUT2D eigenvalue weighted by Gasteiger charge is -2.34. The topological polar surface area (TPSA) is 64.4 Å². The molecule has 0 saturated carbocycles. The van der Waals surface area contributed by atoms with Crippen molar-refractivity contribution in [3.8, 4) is 0 Å². The van der Waals surface area contributed by atoms with Crippen LogP contribution in [0.3, 0.4) is 0 Å². The van der Waals surface area contributed by atoms with Crippen LogP contribution < -0.4 is 11.1 Å². The highest BCUT2D eigenvalue weighted by atomic mass is 79.9. The molecule has 1 fully saturated rings. The average molecular weight is 333 g/mol. The monoisotopic (exact) mass is 332 g/mol. The molecule has 0 radical (unpaired) electrons. The summed E-state index contributed by atoms with van der Waals surface area (Å²) in [6.07, 6.45) is 1.42. The first-order valence-electron chi connectivity index (χ1n) is 5.95. The second-order valence-electron chi connectivity index (χ2n) is 4.54. The molecule has 100 valence electrons.